The lowest BCUT2D eigenvalue weighted by atomic mass is 9.98. The standard InChI is InChI=1S/C16H11BrO2/c17-13-6-7-14-15(9-13)19-10-12(16(14)18)8-11-4-2-1-3-5-11/h1-9H,10H2/b12-8+. The predicted octanol–water partition coefficient (Wildman–Crippen LogP) is 4.11. The number of Topliss-reactive ketones (excluding diaryl/α,β-unsaturated/α-hetero) is 1. The third-order valence-electron chi connectivity index (χ3n) is 3.00. The number of fused-ring (bicyclic) bond motifs is 1. The van der Waals surface area contributed by atoms with Gasteiger partial charge in [0.2, 0.25) is 0 Å². The summed E-state index contributed by atoms with van der Waals surface area (Å²) in [5.41, 5.74) is 2.31. The molecule has 1 aliphatic heterocycles. The van der Waals surface area contributed by atoms with Crippen molar-refractivity contribution in [3.8, 4) is 5.75 Å². The molecule has 2 nitrogen and oxygen atoms in total. The van der Waals surface area contributed by atoms with Gasteiger partial charge in [-0.1, -0.05) is 46.3 Å². The van der Waals surface area contributed by atoms with Gasteiger partial charge >= 0.3 is 0 Å². The highest BCUT2D eigenvalue weighted by molar-refractivity contribution is 9.10. The normalized spacial score (nSPS) is 16.1. The van der Waals surface area contributed by atoms with Gasteiger partial charge in [0.05, 0.1) is 5.56 Å². The van der Waals surface area contributed by atoms with Crippen LogP contribution in [0.4, 0.5) is 0 Å². The molecule has 0 aliphatic carbocycles. The van der Waals surface area contributed by atoms with E-state index in [4.69, 9.17) is 4.74 Å². The second kappa shape index (κ2) is 5.02. The molecule has 0 radical (unpaired) electrons. The third-order valence-corrected chi connectivity index (χ3v) is 3.50. The fourth-order valence-corrected chi connectivity index (χ4v) is 2.39. The van der Waals surface area contributed by atoms with Gasteiger partial charge < -0.3 is 4.74 Å². The van der Waals surface area contributed by atoms with Gasteiger partial charge in [-0.3, -0.25) is 4.79 Å². The van der Waals surface area contributed by atoms with Crippen LogP contribution in [0.3, 0.4) is 0 Å². The van der Waals surface area contributed by atoms with Crippen LogP contribution >= 0.6 is 15.9 Å². The Kier molecular flexibility index (Phi) is 3.22. The summed E-state index contributed by atoms with van der Waals surface area (Å²) in [6.45, 7) is 0.317. The molecule has 3 heteroatoms. The molecule has 0 N–H and O–H groups in total. The second-order valence-electron chi connectivity index (χ2n) is 4.34. The van der Waals surface area contributed by atoms with E-state index < -0.39 is 0 Å². The number of ketones is 1. The van der Waals surface area contributed by atoms with E-state index in [9.17, 15) is 4.79 Å². The van der Waals surface area contributed by atoms with Gasteiger partial charge in [-0.15, -0.1) is 0 Å². The lowest BCUT2D eigenvalue weighted by Crippen LogP contribution is -2.18. The fourth-order valence-electron chi connectivity index (χ4n) is 2.05. The van der Waals surface area contributed by atoms with E-state index in [1.54, 1.807) is 6.07 Å². The molecular formula is C16H11BrO2. The van der Waals surface area contributed by atoms with Crippen molar-refractivity contribution in [1.82, 2.24) is 0 Å². The number of rotatable bonds is 1. The molecule has 0 fully saturated rings. The van der Waals surface area contributed by atoms with Crippen molar-refractivity contribution >= 4 is 27.8 Å². The van der Waals surface area contributed by atoms with E-state index in [1.165, 1.54) is 0 Å². The molecule has 0 amide bonds. The van der Waals surface area contributed by atoms with Crippen LogP contribution in [-0.2, 0) is 0 Å². The zero-order valence-corrected chi connectivity index (χ0v) is 11.7. The van der Waals surface area contributed by atoms with Crippen molar-refractivity contribution in [2.24, 2.45) is 0 Å². The lowest BCUT2D eigenvalue weighted by Gasteiger charge is -2.19. The Morgan fingerprint density at radius 2 is 1.89 bits per heavy atom. The number of halogens is 1. The molecule has 2 aromatic carbocycles. The molecule has 0 aromatic heterocycles. The summed E-state index contributed by atoms with van der Waals surface area (Å²) in [6, 6.07) is 15.3. The molecule has 19 heavy (non-hydrogen) atoms. The number of hydrogen-bond acceptors (Lipinski definition) is 2. The highest BCUT2D eigenvalue weighted by atomic mass is 79.9. The smallest absolute Gasteiger partial charge is 0.196 e. The van der Waals surface area contributed by atoms with Crippen LogP contribution in [0.25, 0.3) is 6.08 Å². The molecule has 1 aliphatic rings. The van der Waals surface area contributed by atoms with Crippen LogP contribution < -0.4 is 4.74 Å². The summed E-state index contributed by atoms with van der Waals surface area (Å²) in [5.74, 6) is 0.683. The monoisotopic (exact) mass is 314 g/mol. The predicted molar refractivity (Wildman–Crippen MR) is 78.4 cm³/mol. The maximum Gasteiger partial charge on any atom is 0.196 e. The van der Waals surface area contributed by atoms with Gasteiger partial charge in [-0.2, -0.15) is 0 Å². The Balaban J connectivity index is 1.98. The van der Waals surface area contributed by atoms with Crippen LogP contribution in [0.1, 0.15) is 15.9 Å². The molecule has 0 unspecified atom stereocenters. The van der Waals surface area contributed by atoms with Gasteiger partial charge in [-0.25, -0.2) is 0 Å². The van der Waals surface area contributed by atoms with Gasteiger partial charge in [0.25, 0.3) is 0 Å². The van der Waals surface area contributed by atoms with Crippen molar-refractivity contribution in [1.29, 1.82) is 0 Å². The first-order chi connectivity index (χ1) is 9.24. The zero-order valence-electron chi connectivity index (χ0n) is 10.1. The van der Waals surface area contributed by atoms with Gasteiger partial charge in [0, 0.05) is 10.0 Å². The second-order valence-corrected chi connectivity index (χ2v) is 5.25. The molecule has 3 rings (SSSR count). The van der Waals surface area contributed by atoms with E-state index in [-0.39, 0.29) is 5.78 Å². The van der Waals surface area contributed by atoms with E-state index in [1.807, 2.05) is 48.5 Å². The summed E-state index contributed by atoms with van der Waals surface area (Å²) in [6.07, 6.45) is 1.88. The molecule has 2 aromatic rings. The van der Waals surface area contributed by atoms with Crippen LogP contribution in [-0.4, -0.2) is 12.4 Å². The Hall–Kier alpha value is -1.87. The first-order valence-corrected chi connectivity index (χ1v) is 6.76. The van der Waals surface area contributed by atoms with Crippen molar-refractivity contribution in [2.75, 3.05) is 6.61 Å². The quantitative estimate of drug-likeness (QED) is 0.740. The average Bonchev–Trinajstić information content (AvgIpc) is 2.43. The number of carbonyl (C=O) groups is 1. The van der Waals surface area contributed by atoms with E-state index in [0.717, 1.165) is 10.0 Å². The molecule has 0 saturated carbocycles. The molecule has 0 bridgehead atoms. The number of benzene rings is 2. The highest BCUT2D eigenvalue weighted by Gasteiger charge is 2.23. The van der Waals surface area contributed by atoms with Gasteiger partial charge in [-0.05, 0) is 29.8 Å². The third kappa shape index (κ3) is 2.47. The van der Waals surface area contributed by atoms with Crippen molar-refractivity contribution in [3.05, 3.63) is 69.7 Å². The Labute approximate surface area is 119 Å². The Morgan fingerprint density at radius 1 is 1.11 bits per heavy atom. The SMILES string of the molecule is O=C1/C(=C/c2ccccc2)COc2cc(Br)ccc21. The van der Waals surface area contributed by atoms with Crippen LogP contribution in [0, 0.1) is 0 Å². The Morgan fingerprint density at radius 3 is 2.68 bits per heavy atom. The van der Waals surface area contributed by atoms with E-state index in [2.05, 4.69) is 15.9 Å². The summed E-state index contributed by atoms with van der Waals surface area (Å²) in [5, 5.41) is 0. The average molecular weight is 315 g/mol. The Bertz CT molecular complexity index is 660. The minimum absolute atomic E-state index is 0.0394. The first kappa shape index (κ1) is 12.2. The topological polar surface area (TPSA) is 26.3 Å². The van der Waals surface area contributed by atoms with Crippen LogP contribution in [0.15, 0.2) is 58.6 Å². The lowest BCUT2D eigenvalue weighted by molar-refractivity contribution is 0.100. The maximum atomic E-state index is 12.4. The zero-order chi connectivity index (χ0) is 13.2. The van der Waals surface area contributed by atoms with Gasteiger partial charge in [0.1, 0.15) is 12.4 Å². The minimum Gasteiger partial charge on any atom is -0.488 e. The summed E-state index contributed by atoms with van der Waals surface area (Å²) >= 11 is 3.37. The molecule has 0 spiro atoms. The van der Waals surface area contributed by atoms with Crippen molar-refractivity contribution in [3.63, 3.8) is 0 Å². The summed E-state index contributed by atoms with van der Waals surface area (Å²) in [7, 11) is 0. The summed E-state index contributed by atoms with van der Waals surface area (Å²) in [4.78, 5) is 12.4. The largest absolute Gasteiger partial charge is 0.488 e. The fraction of sp³-hybridized carbons (Fsp3) is 0.0625. The van der Waals surface area contributed by atoms with Crippen molar-refractivity contribution in [2.45, 2.75) is 0 Å². The van der Waals surface area contributed by atoms with E-state index >= 15 is 0 Å². The number of hydrogen-bond donors (Lipinski definition) is 0. The van der Waals surface area contributed by atoms with Crippen LogP contribution in [0.5, 0.6) is 5.75 Å². The number of ether oxygens (including phenoxy) is 1. The maximum absolute atomic E-state index is 12.4. The molecule has 94 valence electrons. The summed E-state index contributed by atoms with van der Waals surface area (Å²) < 4.78 is 6.55. The van der Waals surface area contributed by atoms with E-state index in [0.29, 0.717) is 23.5 Å². The highest BCUT2D eigenvalue weighted by Crippen LogP contribution is 2.30. The van der Waals surface area contributed by atoms with Crippen LogP contribution in [0.2, 0.25) is 0 Å². The molecule has 0 atom stereocenters. The molecule has 1 heterocycles. The first-order valence-electron chi connectivity index (χ1n) is 5.97. The number of carbonyl (C=O) groups excluding carboxylic acids is 1. The minimum atomic E-state index is 0.0394. The molecular weight excluding hydrogens is 304 g/mol. The van der Waals surface area contributed by atoms with Gasteiger partial charge in [0.15, 0.2) is 5.78 Å². The van der Waals surface area contributed by atoms with Crippen molar-refractivity contribution < 1.29 is 9.53 Å². The molecule has 0 saturated heterocycles.